The third kappa shape index (κ3) is 3.09. The zero-order valence-corrected chi connectivity index (χ0v) is 13.1. The lowest BCUT2D eigenvalue weighted by Gasteiger charge is -2.08. The number of primary amides is 1. The summed E-state index contributed by atoms with van der Waals surface area (Å²) < 4.78 is 19.9. The Labute approximate surface area is 141 Å². The van der Waals surface area contributed by atoms with E-state index in [1.165, 1.54) is 24.1 Å². The maximum atomic E-state index is 13.9. The van der Waals surface area contributed by atoms with Crippen LogP contribution < -0.4 is 5.73 Å². The minimum absolute atomic E-state index is 0.0609. The van der Waals surface area contributed by atoms with Crippen molar-refractivity contribution in [2.24, 2.45) is 5.73 Å². The van der Waals surface area contributed by atoms with E-state index in [0.717, 1.165) is 0 Å². The molecule has 0 aliphatic rings. The number of aromatic nitrogens is 3. The van der Waals surface area contributed by atoms with Crippen molar-refractivity contribution in [1.29, 1.82) is 0 Å². The first kappa shape index (κ1) is 16.3. The van der Waals surface area contributed by atoms with Crippen molar-refractivity contribution >= 4 is 11.9 Å². The van der Waals surface area contributed by atoms with Crippen LogP contribution in [-0.2, 0) is 4.74 Å². The summed E-state index contributed by atoms with van der Waals surface area (Å²) >= 11 is 0. The van der Waals surface area contributed by atoms with Crippen molar-refractivity contribution in [3.8, 4) is 16.8 Å². The Morgan fingerprint density at radius 1 is 1.24 bits per heavy atom. The highest BCUT2D eigenvalue weighted by Gasteiger charge is 2.19. The number of amides is 1. The zero-order valence-electron chi connectivity index (χ0n) is 13.1. The molecule has 1 aromatic carbocycles. The van der Waals surface area contributed by atoms with E-state index in [9.17, 15) is 14.0 Å². The molecule has 25 heavy (non-hydrogen) atoms. The lowest BCUT2D eigenvalue weighted by atomic mass is 10.1. The third-order valence-corrected chi connectivity index (χ3v) is 3.52. The molecule has 7 nitrogen and oxygen atoms in total. The fourth-order valence-electron chi connectivity index (χ4n) is 2.38. The smallest absolute Gasteiger partial charge is 0.358 e. The van der Waals surface area contributed by atoms with Gasteiger partial charge in [0, 0.05) is 23.6 Å². The van der Waals surface area contributed by atoms with Gasteiger partial charge in [-0.25, -0.2) is 14.8 Å². The second-order valence-corrected chi connectivity index (χ2v) is 5.07. The lowest BCUT2D eigenvalue weighted by molar-refractivity contribution is 0.0594. The standard InChI is InChI=1S/C17H13FN4O3/c1-25-17(24)13-9-22(16(21-13)15(19)23)11-5-2-4-10(8-11)12-6-3-7-20-14(12)18/h2-9H,1H3,(H2,19,23). The fourth-order valence-corrected chi connectivity index (χ4v) is 2.38. The summed E-state index contributed by atoms with van der Waals surface area (Å²) in [6, 6.07) is 9.89. The highest BCUT2D eigenvalue weighted by atomic mass is 19.1. The summed E-state index contributed by atoms with van der Waals surface area (Å²) in [7, 11) is 1.21. The number of benzene rings is 1. The van der Waals surface area contributed by atoms with E-state index in [-0.39, 0.29) is 11.5 Å². The van der Waals surface area contributed by atoms with Gasteiger partial charge in [-0.15, -0.1) is 0 Å². The molecule has 126 valence electrons. The molecule has 0 atom stereocenters. The molecule has 0 radical (unpaired) electrons. The SMILES string of the molecule is COC(=O)c1cn(-c2cccc(-c3cccnc3F)c2)c(C(N)=O)n1. The molecule has 2 heterocycles. The van der Waals surface area contributed by atoms with Gasteiger partial charge in [0.05, 0.1) is 7.11 Å². The van der Waals surface area contributed by atoms with Crippen LogP contribution in [0.4, 0.5) is 4.39 Å². The Morgan fingerprint density at radius 2 is 2.04 bits per heavy atom. The molecule has 0 aliphatic carbocycles. The summed E-state index contributed by atoms with van der Waals surface area (Å²) in [5.41, 5.74) is 6.61. The third-order valence-electron chi connectivity index (χ3n) is 3.52. The lowest BCUT2D eigenvalue weighted by Crippen LogP contribution is -2.17. The van der Waals surface area contributed by atoms with Crippen LogP contribution in [0.15, 0.2) is 48.8 Å². The van der Waals surface area contributed by atoms with Crippen LogP contribution >= 0.6 is 0 Å². The predicted octanol–water partition coefficient (Wildman–Crippen LogP) is 1.96. The minimum atomic E-state index is -0.812. The van der Waals surface area contributed by atoms with Gasteiger partial charge in [0.25, 0.3) is 5.91 Å². The number of methoxy groups -OCH3 is 1. The van der Waals surface area contributed by atoms with Gasteiger partial charge in [0.2, 0.25) is 11.8 Å². The summed E-state index contributed by atoms with van der Waals surface area (Å²) in [5.74, 6) is -2.26. The number of nitrogens with zero attached hydrogens (tertiary/aromatic N) is 3. The predicted molar refractivity (Wildman–Crippen MR) is 86.6 cm³/mol. The van der Waals surface area contributed by atoms with Gasteiger partial charge >= 0.3 is 5.97 Å². The quantitative estimate of drug-likeness (QED) is 0.578. The van der Waals surface area contributed by atoms with Crippen LogP contribution in [-0.4, -0.2) is 33.5 Å². The molecule has 0 bridgehead atoms. The van der Waals surface area contributed by atoms with Crippen LogP contribution in [0.5, 0.6) is 0 Å². The number of imidazole rings is 1. The van der Waals surface area contributed by atoms with E-state index >= 15 is 0 Å². The van der Waals surface area contributed by atoms with Gasteiger partial charge < -0.3 is 10.5 Å². The molecule has 2 aromatic heterocycles. The average Bonchev–Trinajstić information content (AvgIpc) is 3.07. The Bertz CT molecular complexity index is 968. The molecule has 0 fully saturated rings. The van der Waals surface area contributed by atoms with Gasteiger partial charge in [-0.2, -0.15) is 4.39 Å². The number of hydrogen-bond acceptors (Lipinski definition) is 5. The van der Waals surface area contributed by atoms with E-state index in [0.29, 0.717) is 16.8 Å². The van der Waals surface area contributed by atoms with Crippen LogP contribution in [0.1, 0.15) is 21.1 Å². The Balaban J connectivity index is 2.13. The fraction of sp³-hybridized carbons (Fsp3) is 0.0588. The van der Waals surface area contributed by atoms with Gasteiger partial charge in [0.15, 0.2) is 5.69 Å². The number of pyridine rings is 1. The van der Waals surface area contributed by atoms with Crippen molar-refractivity contribution in [2.75, 3.05) is 7.11 Å². The second kappa shape index (κ2) is 6.52. The van der Waals surface area contributed by atoms with E-state index in [4.69, 9.17) is 5.73 Å². The molecule has 0 saturated heterocycles. The molecular weight excluding hydrogens is 327 g/mol. The number of rotatable bonds is 4. The normalized spacial score (nSPS) is 10.5. The molecule has 0 spiro atoms. The first-order chi connectivity index (χ1) is 12.0. The van der Waals surface area contributed by atoms with E-state index < -0.39 is 17.8 Å². The monoisotopic (exact) mass is 340 g/mol. The maximum Gasteiger partial charge on any atom is 0.358 e. The Kier molecular flexibility index (Phi) is 4.25. The van der Waals surface area contributed by atoms with E-state index in [1.54, 1.807) is 36.4 Å². The van der Waals surface area contributed by atoms with Crippen molar-refractivity contribution in [3.63, 3.8) is 0 Å². The summed E-state index contributed by atoms with van der Waals surface area (Å²) in [5, 5.41) is 0. The molecule has 0 aliphatic heterocycles. The first-order valence-corrected chi connectivity index (χ1v) is 7.20. The Hall–Kier alpha value is -3.55. The van der Waals surface area contributed by atoms with Gasteiger partial charge in [-0.1, -0.05) is 12.1 Å². The van der Waals surface area contributed by atoms with Gasteiger partial charge in [-0.3, -0.25) is 9.36 Å². The molecule has 0 saturated carbocycles. The molecule has 8 heteroatoms. The molecule has 0 unspecified atom stereocenters. The molecule has 3 aromatic rings. The number of nitrogens with two attached hydrogens (primary N) is 1. The highest BCUT2D eigenvalue weighted by molar-refractivity contribution is 5.93. The maximum absolute atomic E-state index is 13.9. The molecule has 1 amide bonds. The van der Waals surface area contributed by atoms with Gasteiger partial charge in [0.1, 0.15) is 0 Å². The molecular formula is C17H13FN4O3. The first-order valence-electron chi connectivity index (χ1n) is 7.20. The number of hydrogen-bond donors (Lipinski definition) is 1. The minimum Gasteiger partial charge on any atom is -0.464 e. The van der Waals surface area contributed by atoms with Gasteiger partial charge in [-0.05, 0) is 29.8 Å². The van der Waals surface area contributed by atoms with Crippen molar-refractivity contribution < 1.29 is 18.7 Å². The number of esters is 1. The zero-order chi connectivity index (χ0) is 18.0. The van der Waals surface area contributed by atoms with E-state index in [2.05, 4.69) is 14.7 Å². The topological polar surface area (TPSA) is 100 Å². The highest BCUT2D eigenvalue weighted by Crippen LogP contribution is 2.24. The molecule has 2 N–H and O–H groups in total. The number of carbonyl (C=O) groups is 2. The average molecular weight is 340 g/mol. The van der Waals surface area contributed by atoms with Crippen molar-refractivity contribution in [1.82, 2.24) is 14.5 Å². The molecule has 3 rings (SSSR count). The van der Waals surface area contributed by atoms with Crippen molar-refractivity contribution in [2.45, 2.75) is 0 Å². The summed E-state index contributed by atoms with van der Waals surface area (Å²) in [6.07, 6.45) is 2.69. The number of ether oxygens (including phenoxy) is 1. The van der Waals surface area contributed by atoms with Crippen LogP contribution in [0, 0.1) is 5.95 Å². The van der Waals surface area contributed by atoms with Crippen molar-refractivity contribution in [3.05, 3.63) is 66.3 Å². The van der Waals surface area contributed by atoms with E-state index in [1.807, 2.05) is 0 Å². The number of halogens is 1. The van der Waals surface area contributed by atoms with Crippen LogP contribution in [0.3, 0.4) is 0 Å². The van der Waals surface area contributed by atoms with Crippen LogP contribution in [0.2, 0.25) is 0 Å². The summed E-state index contributed by atoms with van der Waals surface area (Å²) in [4.78, 5) is 30.8. The number of carbonyl (C=O) groups excluding carboxylic acids is 2. The van der Waals surface area contributed by atoms with Crippen LogP contribution in [0.25, 0.3) is 16.8 Å². The summed E-state index contributed by atoms with van der Waals surface area (Å²) in [6.45, 7) is 0. The Morgan fingerprint density at radius 3 is 2.72 bits per heavy atom. The second-order valence-electron chi connectivity index (χ2n) is 5.07. The largest absolute Gasteiger partial charge is 0.464 e.